The molecule has 0 heterocycles. The van der Waals surface area contributed by atoms with Gasteiger partial charge in [0.2, 0.25) is 0 Å². The lowest BCUT2D eigenvalue weighted by molar-refractivity contribution is -0.149. The number of amides is 1. The molecule has 0 spiro atoms. The molecule has 1 aliphatic rings. The van der Waals surface area contributed by atoms with Crippen molar-refractivity contribution in [1.82, 2.24) is 5.32 Å². The van der Waals surface area contributed by atoms with Gasteiger partial charge in [-0.15, -0.1) is 0 Å². The van der Waals surface area contributed by atoms with Gasteiger partial charge in [-0.05, 0) is 32.6 Å². The molecule has 5 nitrogen and oxygen atoms in total. The van der Waals surface area contributed by atoms with Gasteiger partial charge in [0.25, 0.3) is 0 Å². The Balaban J connectivity index is 2.28. The predicted molar refractivity (Wildman–Crippen MR) is 57.9 cm³/mol. The predicted octanol–water partition coefficient (Wildman–Crippen LogP) is 1.46. The van der Waals surface area contributed by atoms with E-state index in [9.17, 15) is 9.59 Å². The molecule has 0 atom stereocenters. The summed E-state index contributed by atoms with van der Waals surface area (Å²) >= 11 is 0. The molecule has 5 heteroatoms. The van der Waals surface area contributed by atoms with Crippen molar-refractivity contribution in [2.24, 2.45) is 5.92 Å². The standard InChI is InChI=1S/C11H19NO4/c1-3-16-10(13)8-4-6-9(7-5-8)12-11(14)15-2/h8-9H,3-7H2,1-2H3,(H,12,14). The van der Waals surface area contributed by atoms with Crippen LogP contribution in [0.5, 0.6) is 0 Å². The van der Waals surface area contributed by atoms with Crippen molar-refractivity contribution in [2.45, 2.75) is 38.6 Å². The highest BCUT2D eigenvalue weighted by atomic mass is 16.5. The summed E-state index contributed by atoms with van der Waals surface area (Å²) in [6.45, 7) is 2.24. The smallest absolute Gasteiger partial charge is 0.407 e. The number of carbonyl (C=O) groups is 2. The van der Waals surface area contributed by atoms with Crippen LogP contribution in [0.15, 0.2) is 0 Å². The second kappa shape index (κ2) is 6.35. The van der Waals surface area contributed by atoms with E-state index in [1.54, 1.807) is 0 Å². The molecule has 0 aromatic heterocycles. The molecular weight excluding hydrogens is 210 g/mol. The van der Waals surface area contributed by atoms with Crippen molar-refractivity contribution < 1.29 is 19.1 Å². The summed E-state index contributed by atoms with van der Waals surface area (Å²) in [6.07, 6.45) is 2.75. The maximum Gasteiger partial charge on any atom is 0.407 e. The molecule has 0 unspecified atom stereocenters. The summed E-state index contributed by atoms with van der Waals surface area (Å²) in [7, 11) is 1.35. The normalized spacial score (nSPS) is 24.6. The Hall–Kier alpha value is -1.26. The zero-order valence-corrected chi connectivity index (χ0v) is 9.82. The van der Waals surface area contributed by atoms with Crippen LogP contribution in [0.4, 0.5) is 4.79 Å². The molecule has 1 rings (SSSR count). The van der Waals surface area contributed by atoms with Gasteiger partial charge in [-0.25, -0.2) is 4.79 Å². The Morgan fingerprint density at radius 2 is 1.88 bits per heavy atom. The number of esters is 1. The zero-order chi connectivity index (χ0) is 12.0. The Bertz CT molecular complexity index is 246. The number of hydrogen-bond acceptors (Lipinski definition) is 4. The SMILES string of the molecule is CCOC(=O)C1CCC(NC(=O)OC)CC1. The molecular formula is C11H19NO4. The Morgan fingerprint density at radius 3 is 2.38 bits per heavy atom. The lowest BCUT2D eigenvalue weighted by atomic mass is 9.86. The molecule has 0 saturated heterocycles. The van der Waals surface area contributed by atoms with Crippen molar-refractivity contribution >= 4 is 12.1 Å². The number of alkyl carbamates (subject to hydrolysis) is 1. The van der Waals surface area contributed by atoms with Gasteiger partial charge in [-0.1, -0.05) is 0 Å². The first-order valence-electron chi connectivity index (χ1n) is 5.68. The zero-order valence-electron chi connectivity index (χ0n) is 9.82. The van der Waals surface area contributed by atoms with Crippen molar-refractivity contribution in [1.29, 1.82) is 0 Å². The molecule has 1 N–H and O–H groups in total. The minimum atomic E-state index is -0.403. The van der Waals surface area contributed by atoms with E-state index in [1.165, 1.54) is 7.11 Å². The summed E-state index contributed by atoms with van der Waals surface area (Å²) in [4.78, 5) is 22.4. The minimum Gasteiger partial charge on any atom is -0.466 e. The number of nitrogens with one attached hydrogen (secondary N) is 1. The summed E-state index contributed by atoms with van der Waals surface area (Å²) < 4.78 is 9.49. The number of carbonyl (C=O) groups excluding carboxylic acids is 2. The van der Waals surface area contributed by atoms with Gasteiger partial charge in [0.15, 0.2) is 0 Å². The van der Waals surface area contributed by atoms with E-state index < -0.39 is 6.09 Å². The topological polar surface area (TPSA) is 64.6 Å². The van der Waals surface area contributed by atoms with Crippen LogP contribution < -0.4 is 5.32 Å². The minimum absolute atomic E-state index is 0.00403. The Morgan fingerprint density at radius 1 is 1.25 bits per heavy atom. The Kier molecular flexibility index (Phi) is 5.08. The molecule has 1 amide bonds. The van der Waals surface area contributed by atoms with Crippen molar-refractivity contribution in [2.75, 3.05) is 13.7 Å². The van der Waals surface area contributed by atoms with Crippen molar-refractivity contribution in [3.63, 3.8) is 0 Å². The molecule has 0 aromatic rings. The molecule has 1 aliphatic carbocycles. The number of rotatable bonds is 3. The van der Waals surface area contributed by atoms with Gasteiger partial charge >= 0.3 is 12.1 Å². The molecule has 1 fully saturated rings. The fraction of sp³-hybridized carbons (Fsp3) is 0.818. The van der Waals surface area contributed by atoms with Gasteiger partial charge in [0.1, 0.15) is 0 Å². The van der Waals surface area contributed by atoms with Crippen LogP contribution in [-0.4, -0.2) is 31.8 Å². The molecule has 16 heavy (non-hydrogen) atoms. The van der Waals surface area contributed by atoms with E-state index in [4.69, 9.17) is 4.74 Å². The van der Waals surface area contributed by atoms with E-state index in [0.29, 0.717) is 6.61 Å². The van der Waals surface area contributed by atoms with E-state index in [0.717, 1.165) is 25.7 Å². The van der Waals surface area contributed by atoms with E-state index in [-0.39, 0.29) is 17.9 Å². The summed E-state index contributed by atoms with van der Waals surface area (Å²) in [5.41, 5.74) is 0. The van der Waals surface area contributed by atoms with Crippen LogP contribution >= 0.6 is 0 Å². The van der Waals surface area contributed by atoms with E-state index in [1.807, 2.05) is 6.92 Å². The fourth-order valence-corrected chi connectivity index (χ4v) is 1.96. The Labute approximate surface area is 95.5 Å². The van der Waals surface area contributed by atoms with Crippen LogP contribution in [0.2, 0.25) is 0 Å². The van der Waals surface area contributed by atoms with Crippen LogP contribution in [0.1, 0.15) is 32.6 Å². The maximum absolute atomic E-state index is 11.4. The third kappa shape index (κ3) is 3.72. The first kappa shape index (κ1) is 12.8. The third-order valence-electron chi connectivity index (χ3n) is 2.85. The van der Waals surface area contributed by atoms with Crippen LogP contribution in [-0.2, 0) is 14.3 Å². The van der Waals surface area contributed by atoms with Crippen LogP contribution in [0, 0.1) is 5.92 Å². The van der Waals surface area contributed by atoms with Gasteiger partial charge in [0, 0.05) is 6.04 Å². The molecule has 1 saturated carbocycles. The van der Waals surface area contributed by atoms with Gasteiger partial charge < -0.3 is 14.8 Å². The lowest BCUT2D eigenvalue weighted by Gasteiger charge is -2.27. The molecule has 0 bridgehead atoms. The van der Waals surface area contributed by atoms with Gasteiger partial charge in [-0.3, -0.25) is 4.79 Å². The second-order valence-electron chi connectivity index (χ2n) is 3.94. The fourth-order valence-electron chi connectivity index (χ4n) is 1.96. The van der Waals surface area contributed by atoms with E-state index in [2.05, 4.69) is 10.1 Å². The average molecular weight is 229 g/mol. The summed E-state index contributed by atoms with van der Waals surface area (Å²) in [5.74, 6) is -0.116. The first-order chi connectivity index (χ1) is 7.67. The van der Waals surface area contributed by atoms with Gasteiger partial charge in [-0.2, -0.15) is 0 Å². The third-order valence-corrected chi connectivity index (χ3v) is 2.85. The number of methoxy groups -OCH3 is 1. The second-order valence-corrected chi connectivity index (χ2v) is 3.94. The highest BCUT2D eigenvalue weighted by Gasteiger charge is 2.27. The quantitative estimate of drug-likeness (QED) is 0.744. The molecule has 0 radical (unpaired) electrons. The van der Waals surface area contributed by atoms with Crippen molar-refractivity contribution in [3.8, 4) is 0 Å². The van der Waals surface area contributed by atoms with Gasteiger partial charge in [0.05, 0.1) is 19.6 Å². The highest BCUT2D eigenvalue weighted by Crippen LogP contribution is 2.25. The average Bonchev–Trinajstić information content (AvgIpc) is 2.30. The van der Waals surface area contributed by atoms with E-state index >= 15 is 0 Å². The lowest BCUT2D eigenvalue weighted by Crippen LogP contribution is -2.38. The van der Waals surface area contributed by atoms with Crippen LogP contribution in [0.3, 0.4) is 0 Å². The largest absolute Gasteiger partial charge is 0.466 e. The highest BCUT2D eigenvalue weighted by molar-refractivity contribution is 5.72. The number of ether oxygens (including phenoxy) is 2. The molecule has 92 valence electrons. The summed E-state index contributed by atoms with van der Waals surface area (Å²) in [5, 5.41) is 2.75. The van der Waals surface area contributed by atoms with Crippen molar-refractivity contribution in [3.05, 3.63) is 0 Å². The number of hydrogen-bond donors (Lipinski definition) is 1. The molecule has 0 aliphatic heterocycles. The first-order valence-corrected chi connectivity index (χ1v) is 5.68. The summed E-state index contributed by atoms with van der Waals surface area (Å²) in [6, 6.07) is 0.123. The molecule has 0 aromatic carbocycles. The maximum atomic E-state index is 11.4. The monoisotopic (exact) mass is 229 g/mol. The van der Waals surface area contributed by atoms with Crippen LogP contribution in [0.25, 0.3) is 0 Å².